The number of fused-ring (bicyclic) bond motifs is 5. The average Bonchev–Trinajstić information content (AvgIpc) is 3.39. The molecule has 0 aliphatic carbocycles. The molecule has 0 radical (unpaired) electrons. The maximum Gasteiger partial charge on any atom is 0.0541 e. The van der Waals surface area contributed by atoms with Gasteiger partial charge in [-0.2, -0.15) is 0 Å². The van der Waals surface area contributed by atoms with Gasteiger partial charge >= 0.3 is 0 Å². The monoisotopic (exact) mass is 551 g/mol. The highest BCUT2D eigenvalue weighted by Crippen LogP contribution is 2.52. The van der Waals surface area contributed by atoms with Crippen LogP contribution in [0.5, 0.6) is 0 Å². The number of aromatic nitrogens is 1. The molecule has 1 aliphatic heterocycles. The molecule has 1 aliphatic rings. The minimum Gasteiger partial charge on any atom is -0.309 e. The van der Waals surface area contributed by atoms with Crippen molar-refractivity contribution < 1.29 is 0 Å². The molecule has 196 valence electrons. The third-order valence-electron chi connectivity index (χ3n) is 8.58. The standard InChI is InChI=1S/C40H25NS/c1-3-10-26(11-4-1)28-20-23-38-35(24-28)33-16-9-12-27-18-21-31(40(42-38)39(27)33)29-19-22-37-34(25-29)32-15-7-8-17-36(32)41(37)30-13-5-2-6-14-30/h1-25H. The molecule has 0 fully saturated rings. The van der Waals surface area contributed by atoms with Crippen molar-refractivity contribution in [2.24, 2.45) is 0 Å². The molecule has 9 rings (SSSR count). The van der Waals surface area contributed by atoms with Crippen molar-refractivity contribution in [3.63, 3.8) is 0 Å². The van der Waals surface area contributed by atoms with Crippen molar-refractivity contribution >= 4 is 44.3 Å². The average molecular weight is 552 g/mol. The summed E-state index contributed by atoms with van der Waals surface area (Å²) in [4.78, 5) is 2.65. The van der Waals surface area contributed by atoms with Gasteiger partial charge in [-0.1, -0.05) is 121 Å². The summed E-state index contributed by atoms with van der Waals surface area (Å²) in [7, 11) is 0. The summed E-state index contributed by atoms with van der Waals surface area (Å²) in [5, 5.41) is 5.20. The maximum atomic E-state index is 2.39. The van der Waals surface area contributed by atoms with Crippen LogP contribution in [0, 0.1) is 0 Å². The highest BCUT2D eigenvalue weighted by molar-refractivity contribution is 8.00. The van der Waals surface area contributed by atoms with Crippen LogP contribution in [0.4, 0.5) is 0 Å². The fourth-order valence-corrected chi connectivity index (χ4v) is 7.91. The second-order valence-electron chi connectivity index (χ2n) is 10.9. The van der Waals surface area contributed by atoms with Crippen molar-refractivity contribution in [2.75, 3.05) is 0 Å². The Bertz CT molecular complexity index is 2310. The third kappa shape index (κ3) is 3.52. The van der Waals surface area contributed by atoms with Crippen molar-refractivity contribution in [1.82, 2.24) is 4.57 Å². The zero-order valence-electron chi connectivity index (χ0n) is 22.8. The van der Waals surface area contributed by atoms with E-state index in [4.69, 9.17) is 0 Å². The van der Waals surface area contributed by atoms with Gasteiger partial charge in [0.25, 0.3) is 0 Å². The van der Waals surface area contributed by atoms with Gasteiger partial charge in [-0.3, -0.25) is 0 Å². The Morgan fingerprint density at radius 2 is 1.19 bits per heavy atom. The normalized spacial score (nSPS) is 12.2. The Kier molecular flexibility index (Phi) is 5.20. The van der Waals surface area contributed by atoms with E-state index >= 15 is 0 Å². The summed E-state index contributed by atoms with van der Waals surface area (Å²) in [6.45, 7) is 0. The lowest BCUT2D eigenvalue weighted by Crippen LogP contribution is -1.96. The Balaban J connectivity index is 1.26. The Hall–Kier alpha value is -5.05. The molecule has 0 saturated carbocycles. The molecule has 7 aromatic carbocycles. The highest BCUT2D eigenvalue weighted by Gasteiger charge is 2.23. The van der Waals surface area contributed by atoms with Gasteiger partial charge in [0.05, 0.1) is 11.0 Å². The van der Waals surface area contributed by atoms with E-state index in [0.29, 0.717) is 0 Å². The molecule has 8 aromatic rings. The Labute approximate surface area is 248 Å². The van der Waals surface area contributed by atoms with Crippen LogP contribution in [0.15, 0.2) is 161 Å². The number of nitrogens with zero attached hydrogens (tertiary/aromatic N) is 1. The van der Waals surface area contributed by atoms with E-state index in [1.165, 1.54) is 81.4 Å². The SMILES string of the molecule is c1ccc(-c2ccc3c(c2)-c2cccc4ccc(-c5ccc6c(c5)c5ccccc5n6-c5ccccc5)c(c24)S3)cc1. The van der Waals surface area contributed by atoms with Gasteiger partial charge < -0.3 is 4.57 Å². The molecule has 0 amide bonds. The predicted octanol–water partition coefficient (Wildman–Crippen LogP) is 11.4. The summed E-state index contributed by atoms with van der Waals surface area (Å²) >= 11 is 1.91. The van der Waals surface area contributed by atoms with Crippen LogP contribution in [0.3, 0.4) is 0 Å². The Morgan fingerprint density at radius 3 is 2.07 bits per heavy atom. The zero-order valence-corrected chi connectivity index (χ0v) is 23.6. The van der Waals surface area contributed by atoms with Gasteiger partial charge in [0, 0.05) is 31.6 Å². The van der Waals surface area contributed by atoms with Crippen LogP contribution < -0.4 is 0 Å². The largest absolute Gasteiger partial charge is 0.309 e. The number of hydrogen-bond donors (Lipinski definition) is 0. The molecule has 0 unspecified atom stereocenters. The van der Waals surface area contributed by atoms with Crippen LogP contribution in [0.25, 0.3) is 71.6 Å². The maximum absolute atomic E-state index is 2.39. The first kappa shape index (κ1) is 23.6. The van der Waals surface area contributed by atoms with E-state index in [1.54, 1.807) is 0 Å². The van der Waals surface area contributed by atoms with Gasteiger partial charge in [0.2, 0.25) is 0 Å². The molecule has 0 atom stereocenters. The van der Waals surface area contributed by atoms with Crippen LogP contribution >= 0.6 is 11.8 Å². The number of benzene rings is 7. The van der Waals surface area contributed by atoms with Crippen LogP contribution in [-0.2, 0) is 0 Å². The molecule has 0 saturated heterocycles. The van der Waals surface area contributed by atoms with E-state index in [1.807, 2.05) is 11.8 Å². The van der Waals surface area contributed by atoms with Crippen molar-refractivity contribution in [3.8, 4) is 39.1 Å². The smallest absolute Gasteiger partial charge is 0.0541 e. The first-order valence-electron chi connectivity index (χ1n) is 14.4. The molecule has 1 aromatic heterocycles. The quantitative estimate of drug-likeness (QED) is 0.211. The van der Waals surface area contributed by atoms with Crippen molar-refractivity contribution in [1.29, 1.82) is 0 Å². The second-order valence-corrected chi connectivity index (χ2v) is 12.0. The predicted molar refractivity (Wildman–Crippen MR) is 179 cm³/mol. The fourth-order valence-electron chi connectivity index (χ4n) is 6.65. The van der Waals surface area contributed by atoms with Crippen LogP contribution in [-0.4, -0.2) is 4.57 Å². The van der Waals surface area contributed by atoms with Gasteiger partial charge in [-0.05, 0) is 81.2 Å². The van der Waals surface area contributed by atoms with E-state index in [9.17, 15) is 0 Å². The molecular formula is C40H25NS. The molecule has 1 nitrogen and oxygen atoms in total. The van der Waals surface area contributed by atoms with E-state index < -0.39 is 0 Å². The van der Waals surface area contributed by atoms with Gasteiger partial charge in [-0.25, -0.2) is 0 Å². The molecule has 0 spiro atoms. The lowest BCUT2D eigenvalue weighted by atomic mass is 9.92. The topological polar surface area (TPSA) is 4.93 Å². The summed E-state index contributed by atoms with van der Waals surface area (Å²) in [6, 6.07) is 55.4. The van der Waals surface area contributed by atoms with E-state index in [-0.39, 0.29) is 0 Å². The van der Waals surface area contributed by atoms with Crippen LogP contribution in [0.2, 0.25) is 0 Å². The van der Waals surface area contributed by atoms with Gasteiger partial charge in [0.1, 0.15) is 0 Å². The number of rotatable bonds is 3. The Morgan fingerprint density at radius 1 is 0.429 bits per heavy atom. The minimum absolute atomic E-state index is 1.18. The molecule has 2 heteroatoms. The zero-order chi connectivity index (χ0) is 27.6. The van der Waals surface area contributed by atoms with Crippen molar-refractivity contribution in [2.45, 2.75) is 9.79 Å². The second kappa shape index (κ2) is 9.24. The number of para-hydroxylation sites is 2. The van der Waals surface area contributed by atoms with E-state index in [2.05, 4.69) is 156 Å². The highest BCUT2D eigenvalue weighted by atomic mass is 32.2. The number of hydrogen-bond acceptors (Lipinski definition) is 1. The van der Waals surface area contributed by atoms with Crippen molar-refractivity contribution in [3.05, 3.63) is 152 Å². The van der Waals surface area contributed by atoms with Crippen LogP contribution in [0.1, 0.15) is 0 Å². The summed E-state index contributed by atoms with van der Waals surface area (Å²) < 4.78 is 2.38. The molecule has 42 heavy (non-hydrogen) atoms. The molecule has 0 bridgehead atoms. The molecule has 2 heterocycles. The first-order chi connectivity index (χ1) is 20.8. The summed E-state index contributed by atoms with van der Waals surface area (Å²) in [6.07, 6.45) is 0. The van der Waals surface area contributed by atoms with Gasteiger partial charge in [-0.15, -0.1) is 0 Å². The summed E-state index contributed by atoms with van der Waals surface area (Å²) in [5.74, 6) is 0. The summed E-state index contributed by atoms with van der Waals surface area (Å²) in [5.41, 5.74) is 11.3. The molecule has 0 N–H and O–H groups in total. The molecular weight excluding hydrogens is 527 g/mol. The fraction of sp³-hybridized carbons (Fsp3) is 0. The van der Waals surface area contributed by atoms with E-state index in [0.717, 1.165) is 0 Å². The van der Waals surface area contributed by atoms with Gasteiger partial charge in [0.15, 0.2) is 0 Å². The lowest BCUT2D eigenvalue weighted by molar-refractivity contribution is 1.18. The third-order valence-corrected chi connectivity index (χ3v) is 9.79. The first-order valence-corrected chi connectivity index (χ1v) is 15.2. The lowest BCUT2D eigenvalue weighted by Gasteiger charge is -2.23. The minimum atomic E-state index is 1.18.